The van der Waals surface area contributed by atoms with Crippen molar-refractivity contribution in [1.29, 1.82) is 0 Å². The average Bonchev–Trinajstić information content (AvgIpc) is 3.31. The molecular weight excluding hydrogens is 452 g/mol. The van der Waals surface area contributed by atoms with Gasteiger partial charge in [-0.05, 0) is 43.5 Å². The molecule has 0 unspecified atom stereocenters. The minimum Gasteiger partial charge on any atom is -0.497 e. The fraction of sp³-hybridized carbons (Fsp3) is 0.583. The van der Waals surface area contributed by atoms with Crippen molar-refractivity contribution < 1.29 is 23.8 Å². The Morgan fingerprint density at radius 1 is 1.31 bits per heavy atom. The first kappa shape index (κ1) is 26.4. The molecule has 0 saturated heterocycles. The molecule has 0 spiro atoms. The molecule has 2 bridgehead atoms. The van der Waals surface area contributed by atoms with Gasteiger partial charge in [-0.1, -0.05) is 12.1 Å². The molecule has 2 aromatic rings. The van der Waals surface area contributed by atoms with Crippen LogP contribution < -0.4 is 15.4 Å². The van der Waals surface area contributed by atoms with E-state index in [2.05, 4.69) is 27.9 Å². The van der Waals surface area contributed by atoms with Gasteiger partial charge in [-0.2, -0.15) is 0 Å². The molecule has 0 fully saturated rings. The Hall–Kier alpha value is -3.18. The monoisotopic (exact) mass is 488 g/mol. The van der Waals surface area contributed by atoms with E-state index in [1.807, 2.05) is 13.1 Å². The highest BCUT2D eigenvalue weighted by atomic mass is 16.5. The molecule has 192 valence electrons. The summed E-state index contributed by atoms with van der Waals surface area (Å²) in [5, 5.41) is 14.6. The number of carbonyl (C=O) groups excluding carboxylic acids is 2. The van der Waals surface area contributed by atoms with Gasteiger partial charge in [-0.25, -0.2) is 4.79 Å². The van der Waals surface area contributed by atoms with E-state index in [0.717, 1.165) is 5.75 Å². The molecule has 0 radical (unpaired) electrons. The Balaban J connectivity index is 1.65. The quantitative estimate of drug-likeness (QED) is 0.629. The number of carbonyl (C=O) groups is 2. The number of hydrogen-bond acceptors (Lipinski definition) is 8. The second-order valence-corrected chi connectivity index (χ2v) is 8.93. The third-order valence-electron chi connectivity index (χ3n) is 5.86. The first-order valence-corrected chi connectivity index (χ1v) is 11.9. The number of aryl methyl sites for hydroxylation is 1. The summed E-state index contributed by atoms with van der Waals surface area (Å²) in [4.78, 5) is 26.4. The van der Waals surface area contributed by atoms with Crippen LogP contribution in [0.25, 0.3) is 0 Å². The maximum absolute atomic E-state index is 12.8. The second-order valence-electron chi connectivity index (χ2n) is 8.93. The molecule has 3 rings (SSSR count). The van der Waals surface area contributed by atoms with Crippen LogP contribution in [0.1, 0.15) is 32.4 Å². The molecule has 1 aliphatic rings. The fourth-order valence-corrected chi connectivity index (χ4v) is 3.60. The van der Waals surface area contributed by atoms with E-state index in [0.29, 0.717) is 50.5 Å². The highest BCUT2D eigenvalue weighted by molar-refractivity contribution is 5.89. The largest absolute Gasteiger partial charge is 0.497 e. The van der Waals surface area contributed by atoms with Crippen molar-refractivity contribution in [2.24, 2.45) is 5.92 Å². The zero-order valence-electron chi connectivity index (χ0n) is 20.9. The molecule has 11 nitrogen and oxygen atoms in total. The number of anilines is 1. The van der Waals surface area contributed by atoms with Crippen molar-refractivity contribution in [2.75, 3.05) is 39.2 Å². The van der Waals surface area contributed by atoms with E-state index < -0.39 is 0 Å². The van der Waals surface area contributed by atoms with Crippen LogP contribution in [0.4, 0.5) is 10.5 Å². The van der Waals surface area contributed by atoms with Crippen LogP contribution in [-0.2, 0) is 27.4 Å². The number of benzene rings is 1. The maximum atomic E-state index is 12.8. The van der Waals surface area contributed by atoms with E-state index in [4.69, 9.17) is 14.2 Å². The molecule has 11 heteroatoms. The summed E-state index contributed by atoms with van der Waals surface area (Å²) in [5.74, 6) is 0.565. The predicted octanol–water partition coefficient (Wildman–Crippen LogP) is 2.29. The lowest BCUT2D eigenvalue weighted by molar-refractivity contribution is -0.144. The molecule has 2 amide bonds. The molecule has 3 atom stereocenters. The number of urea groups is 1. The number of hydrogen-bond donors (Lipinski definition) is 2. The Morgan fingerprint density at radius 2 is 2.09 bits per heavy atom. The van der Waals surface area contributed by atoms with E-state index in [-0.39, 0.29) is 36.7 Å². The minimum absolute atomic E-state index is 0.00121. The highest BCUT2D eigenvalue weighted by Gasteiger charge is 2.24. The number of fused-ring (bicyclic) bond motifs is 2. The van der Waals surface area contributed by atoms with Crippen LogP contribution in [0.2, 0.25) is 0 Å². The third kappa shape index (κ3) is 8.52. The van der Waals surface area contributed by atoms with Gasteiger partial charge in [0.05, 0.1) is 26.0 Å². The van der Waals surface area contributed by atoms with Gasteiger partial charge in [0.1, 0.15) is 18.1 Å². The van der Waals surface area contributed by atoms with Crippen molar-refractivity contribution in [1.82, 2.24) is 25.2 Å². The van der Waals surface area contributed by atoms with E-state index in [9.17, 15) is 9.59 Å². The van der Waals surface area contributed by atoms with Crippen molar-refractivity contribution >= 4 is 17.7 Å². The number of esters is 1. The van der Waals surface area contributed by atoms with E-state index in [1.54, 1.807) is 48.0 Å². The maximum Gasteiger partial charge on any atom is 0.321 e. The smallest absolute Gasteiger partial charge is 0.321 e. The van der Waals surface area contributed by atoms with Crippen LogP contribution in [0.5, 0.6) is 5.75 Å². The van der Waals surface area contributed by atoms with Gasteiger partial charge in [0, 0.05) is 44.8 Å². The van der Waals surface area contributed by atoms with Gasteiger partial charge in [-0.3, -0.25) is 9.48 Å². The van der Waals surface area contributed by atoms with Gasteiger partial charge in [-0.15, -0.1) is 5.10 Å². The zero-order chi connectivity index (χ0) is 25.2. The lowest BCUT2D eigenvalue weighted by Gasteiger charge is -2.30. The number of likely N-dealkylation sites (N-methyl/N-ethyl adjacent to an activating group) is 1. The van der Waals surface area contributed by atoms with Gasteiger partial charge in [0.25, 0.3) is 0 Å². The van der Waals surface area contributed by atoms with Gasteiger partial charge in [0.2, 0.25) is 0 Å². The Bertz CT molecular complexity index is 950. The summed E-state index contributed by atoms with van der Waals surface area (Å²) in [6, 6.07) is 6.92. The summed E-state index contributed by atoms with van der Waals surface area (Å²) in [6.45, 7) is 6.19. The fourth-order valence-electron chi connectivity index (χ4n) is 3.60. The number of ether oxygens (including phenoxy) is 3. The first-order chi connectivity index (χ1) is 16.8. The number of cyclic esters (lactones) is 1. The van der Waals surface area contributed by atoms with Crippen LogP contribution in [0, 0.1) is 5.92 Å². The van der Waals surface area contributed by atoms with Gasteiger partial charge < -0.3 is 29.7 Å². The van der Waals surface area contributed by atoms with Crippen LogP contribution in [-0.4, -0.2) is 77.9 Å². The third-order valence-corrected chi connectivity index (χ3v) is 5.86. The molecule has 0 aliphatic carbocycles. The SMILES string of the molecule is COc1ccc(NC(=O)N(C)C[C@H]2OCc3cn(nn3)CCCC(=O)OC[C@H](C)NC[C@H]2C)cc1. The van der Waals surface area contributed by atoms with E-state index >= 15 is 0 Å². The molecule has 2 heterocycles. The summed E-state index contributed by atoms with van der Waals surface area (Å²) < 4.78 is 18.5. The number of rotatable bonds is 4. The molecular formula is C24H36N6O5. The van der Waals surface area contributed by atoms with Crippen molar-refractivity contribution in [3.8, 4) is 5.75 Å². The topological polar surface area (TPSA) is 120 Å². The second kappa shape index (κ2) is 13.1. The van der Waals surface area contributed by atoms with Crippen LogP contribution in [0.15, 0.2) is 30.5 Å². The number of nitrogens with one attached hydrogen (secondary N) is 2. The van der Waals surface area contributed by atoms with Crippen LogP contribution in [0.3, 0.4) is 0 Å². The summed E-state index contributed by atoms with van der Waals surface area (Å²) in [7, 11) is 3.33. The summed E-state index contributed by atoms with van der Waals surface area (Å²) in [6.07, 6.45) is 2.51. The zero-order valence-corrected chi connectivity index (χ0v) is 20.9. The lowest BCUT2D eigenvalue weighted by Crippen LogP contribution is -2.44. The lowest BCUT2D eigenvalue weighted by atomic mass is 10.0. The van der Waals surface area contributed by atoms with Crippen molar-refractivity contribution in [3.05, 3.63) is 36.2 Å². The van der Waals surface area contributed by atoms with Crippen molar-refractivity contribution in [3.63, 3.8) is 0 Å². The summed E-state index contributed by atoms with van der Waals surface area (Å²) >= 11 is 0. The van der Waals surface area contributed by atoms with Crippen molar-refractivity contribution in [2.45, 2.75) is 52.0 Å². The Labute approximate surface area is 206 Å². The number of amides is 2. The minimum atomic E-state index is -0.262. The predicted molar refractivity (Wildman–Crippen MR) is 130 cm³/mol. The van der Waals surface area contributed by atoms with Crippen LogP contribution >= 0.6 is 0 Å². The molecule has 0 saturated carbocycles. The standard InChI is InChI=1S/C24H36N6O5/c1-17-12-25-18(2)15-35-23(31)6-5-11-30-13-20(27-28-30)16-34-22(17)14-29(3)24(32)26-19-7-9-21(33-4)10-8-19/h7-10,13,17-18,22,25H,5-6,11-12,14-16H2,1-4H3,(H,26,32)/t17-,18+,22-/m1/s1. The molecule has 1 aromatic carbocycles. The number of nitrogens with zero attached hydrogens (tertiary/aromatic N) is 4. The molecule has 1 aliphatic heterocycles. The normalized spacial score (nSPS) is 22.2. The molecule has 1 aromatic heterocycles. The van der Waals surface area contributed by atoms with E-state index in [1.165, 1.54) is 0 Å². The van der Waals surface area contributed by atoms with Gasteiger partial charge >= 0.3 is 12.0 Å². The Kier molecular flexibility index (Phi) is 9.86. The first-order valence-electron chi connectivity index (χ1n) is 11.9. The molecule has 35 heavy (non-hydrogen) atoms. The van der Waals surface area contributed by atoms with Gasteiger partial charge in [0.15, 0.2) is 0 Å². The highest BCUT2D eigenvalue weighted by Crippen LogP contribution is 2.17. The number of aromatic nitrogens is 3. The molecule has 2 N–H and O–H groups in total. The summed E-state index contributed by atoms with van der Waals surface area (Å²) in [5.41, 5.74) is 1.37. The Morgan fingerprint density at radius 3 is 2.83 bits per heavy atom. The number of methoxy groups -OCH3 is 1. The average molecular weight is 489 g/mol.